The molecule has 0 aliphatic heterocycles. The number of nitrogens with zero attached hydrogens (tertiary/aromatic N) is 1. The monoisotopic (exact) mass is 435 g/mol. The minimum atomic E-state index is -3.20. The van der Waals surface area contributed by atoms with E-state index < -0.39 is 24.5 Å². The number of aromatic nitrogens is 1. The van der Waals surface area contributed by atoms with Crippen LogP contribution in [-0.2, 0) is 11.2 Å². The van der Waals surface area contributed by atoms with E-state index in [-0.39, 0.29) is 40.8 Å². The van der Waals surface area contributed by atoms with Crippen molar-refractivity contribution in [2.75, 3.05) is 7.11 Å². The van der Waals surface area contributed by atoms with Gasteiger partial charge < -0.3 is 19.3 Å². The first kappa shape index (κ1) is 22.2. The van der Waals surface area contributed by atoms with Crippen LogP contribution < -0.4 is 14.2 Å². The summed E-state index contributed by atoms with van der Waals surface area (Å²) in [6.45, 7) is -1.60. The molecule has 0 saturated carbocycles. The van der Waals surface area contributed by atoms with Gasteiger partial charge in [-0.15, -0.1) is 0 Å². The van der Waals surface area contributed by atoms with Crippen LogP contribution in [0.4, 0.5) is 13.2 Å². The molecule has 0 aliphatic carbocycles. The van der Waals surface area contributed by atoms with Crippen LogP contribution in [0, 0.1) is 5.82 Å². The molecule has 1 heterocycles. The Balaban J connectivity index is 2.15. The van der Waals surface area contributed by atoms with Crippen molar-refractivity contribution in [3.8, 4) is 17.2 Å². The van der Waals surface area contributed by atoms with Crippen molar-refractivity contribution in [3.63, 3.8) is 0 Å². The van der Waals surface area contributed by atoms with E-state index in [1.807, 2.05) is 0 Å². The number of hydrogen-bond donors (Lipinski definition) is 1. The van der Waals surface area contributed by atoms with Gasteiger partial charge in [-0.05, 0) is 36.2 Å². The van der Waals surface area contributed by atoms with Crippen LogP contribution in [0.15, 0.2) is 42.6 Å². The highest BCUT2D eigenvalue weighted by atomic mass is 19.3. The Morgan fingerprint density at radius 2 is 1.84 bits per heavy atom. The predicted molar refractivity (Wildman–Crippen MR) is 106 cm³/mol. The van der Waals surface area contributed by atoms with Gasteiger partial charge in [0.25, 0.3) is 0 Å². The second-order valence-electron chi connectivity index (χ2n) is 6.64. The van der Waals surface area contributed by atoms with E-state index in [1.165, 1.54) is 19.4 Å². The van der Waals surface area contributed by atoms with Crippen molar-refractivity contribution in [2.24, 2.45) is 0 Å². The number of ether oxygens (including phenoxy) is 3. The molecule has 3 rings (SSSR count). The zero-order chi connectivity index (χ0) is 22.5. The molecule has 0 saturated heterocycles. The lowest BCUT2D eigenvalue weighted by atomic mass is 10.0. The number of benzene rings is 2. The summed E-state index contributed by atoms with van der Waals surface area (Å²) >= 11 is 0. The number of aliphatic carboxylic acids is 1. The molecule has 0 bridgehead atoms. The molecule has 0 radical (unpaired) electrons. The number of fused-ring (bicyclic) bond motifs is 1. The Labute approximate surface area is 176 Å². The first-order valence-electron chi connectivity index (χ1n) is 9.41. The van der Waals surface area contributed by atoms with Crippen LogP contribution >= 0.6 is 0 Å². The molecular weight excluding hydrogens is 415 g/mol. The second-order valence-corrected chi connectivity index (χ2v) is 6.64. The highest BCUT2D eigenvalue weighted by Gasteiger charge is 2.24. The molecule has 0 spiro atoms. The molecule has 9 heteroatoms. The topological polar surface area (TPSA) is 77.9 Å². The summed E-state index contributed by atoms with van der Waals surface area (Å²) in [7, 11) is 1.52. The number of carboxylic acids is 1. The van der Waals surface area contributed by atoms with E-state index in [1.54, 1.807) is 31.2 Å². The smallest absolute Gasteiger partial charge is 0.387 e. The standard InChI is InChI=1S/C22H20F3NO5/c1-3-16(21(27)28)30-17-9-8-15(23)19-18(17)20(31-22(24)25)13(11-26-19)10-12-4-6-14(29-2)7-5-12/h4-9,11,16,22H,3,10H2,1-2H3,(H,27,28). The molecule has 2 aromatic carbocycles. The number of alkyl halides is 2. The predicted octanol–water partition coefficient (Wildman–Crippen LogP) is 4.82. The number of rotatable bonds is 9. The SMILES string of the molecule is CCC(Oc1ccc(F)c2ncc(Cc3ccc(OC)cc3)c(OC(F)F)c12)C(=O)O. The normalized spacial score (nSPS) is 12.1. The summed E-state index contributed by atoms with van der Waals surface area (Å²) in [5, 5.41) is 9.14. The summed E-state index contributed by atoms with van der Waals surface area (Å²) in [6.07, 6.45) is 0.267. The fourth-order valence-electron chi connectivity index (χ4n) is 3.13. The first-order chi connectivity index (χ1) is 14.8. The molecular formula is C22H20F3NO5. The van der Waals surface area contributed by atoms with Gasteiger partial charge in [-0.2, -0.15) is 8.78 Å². The summed E-state index contributed by atoms with van der Waals surface area (Å²) in [5.41, 5.74) is 0.751. The highest BCUT2D eigenvalue weighted by Crippen LogP contribution is 2.39. The van der Waals surface area contributed by atoms with Gasteiger partial charge in [0.05, 0.1) is 12.5 Å². The zero-order valence-electron chi connectivity index (χ0n) is 16.8. The molecule has 1 unspecified atom stereocenters. The number of carbonyl (C=O) groups is 1. The summed E-state index contributed by atoms with van der Waals surface area (Å²) in [5.74, 6) is -1.81. The highest BCUT2D eigenvalue weighted by molar-refractivity contribution is 5.93. The lowest BCUT2D eigenvalue weighted by Gasteiger charge is -2.19. The van der Waals surface area contributed by atoms with Crippen LogP contribution in [0.5, 0.6) is 17.2 Å². The number of hydrogen-bond acceptors (Lipinski definition) is 5. The van der Waals surface area contributed by atoms with E-state index in [0.717, 1.165) is 11.6 Å². The van der Waals surface area contributed by atoms with E-state index in [4.69, 9.17) is 14.2 Å². The molecule has 3 aromatic rings. The molecule has 0 fully saturated rings. The molecule has 0 amide bonds. The lowest BCUT2D eigenvalue weighted by molar-refractivity contribution is -0.145. The summed E-state index contributed by atoms with van der Waals surface area (Å²) in [4.78, 5) is 15.4. The molecule has 31 heavy (non-hydrogen) atoms. The van der Waals surface area contributed by atoms with E-state index in [9.17, 15) is 23.1 Å². The number of carboxylic acid groups (broad SMARTS) is 1. The van der Waals surface area contributed by atoms with Crippen LogP contribution in [-0.4, -0.2) is 35.9 Å². The third kappa shape index (κ3) is 4.99. The van der Waals surface area contributed by atoms with Crippen molar-refractivity contribution in [1.29, 1.82) is 0 Å². The van der Waals surface area contributed by atoms with Crippen molar-refractivity contribution < 1.29 is 37.3 Å². The molecule has 1 atom stereocenters. The van der Waals surface area contributed by atoms with Crippen LogP contribution in [0.2, 0.25) is 0 Å². The molecule has 164 valence electrons. The zero-order valence-corrected chi connectivity index (χ0v) is 16.8. The van der Waals surface area contributed by atoms with Gasteiger partial charge in [-0.1, -0.05) is 19.1 Å². The minimum absolute atomic E-state index is 0.106. The van der Waals surface area contributed by atoms with Gasteiger partial charge in [0.1, 0.15) is 28.6 Å². The van der Waals surface area contributed by atoms with Gasteiger partial charge in [-0.3, -0.25) is 4.98 Å². The lowest BCUT2D eigenvalue weighted by Crippen LogP contribution is -2.26. The third-order valence-electron chi connectivity index (χ3n) is 4.63. The maximum atomic E-state index is 14.4. The number of pyridine rings is 1. The number of halogens is 3. The van der Waals surface area contributed by atoms with Gasteiger partial charge >= 0.3 is 12.6 Å². The Bertz CT molecular complexity index is 1070. The van der Waals surface area contributed by atoms with Gasteiger partial charge in [0, 0.05) is 18.2 Å². The average molecular weight is 435 g/mol. The Morgan fingerprint density at radius 3 is 2.42 bits per heavy atom. The van der Waals surface area contributed by atoms with Crippen molar-refractivity contribution >= 4 is 16.9 Å². The molecule has 1 N–H and O–H groups in total. The van der Waals surface area contributed by atoms with Gasteiger partial charge in [-0.25, -0.2) is 9.18 Å². The van der Waals surface area contributed by atoms with Crippen molar-refractivity contribution in [3.05, 3.63) is 59.5 Å². The Morgan fingerprint density at radius 1 is 1.13 bits per heavy atom. The van der Waals surface area contributed by atoms with Gasteiger partial charge in [0.15, 0.2) is 6.10 Å². The first-order valence-corrected chi connectivity index (χ1v) is 9.41. The molecule has 1 aromatic heterocycles. The fourth-order valence-corrected chi connectivity index (χ4v) is 3.13. The van der Waals surface area contributed by atoms with E-state index in [0.29, 0.717) is 5.75 Å². The van der Waals surface area contributed by atoms with E-state index in [2.05, 4.69) is 4.98 Å². The van der Waals surface area contributed by atoms with Crippen LogP contribution in [0.1, 0.15) is 24.5 Å². The average Bonchev–Trinajstić information content (AvgIpc) is 2.74. The Kier molecular flexibility index (Phi) is 6.84. The van der Waals surface area contributed by atoms with Crippen LogP contribution in [0.25, 0.3) is 10.9 Å². The Hall–Kier alpha value is -3.49. The minimum Gasteiger partial charge on any atom is -0.497 e. The maximum absolute atomic E-state index is 14.4. The quantitative estimate of drug-likeness (QED) is 0.520. The molecule has 0 aliphatic rings. The van der Waals surface area contributed by atoms with Crippen LogP contribution in [0.3, 0.4) is 0 Å². The second kappa shape index (κ2) is 9.55. The van der Waals surface area contributed by atoms with E-state index >= 15 is 0 Å². The summed E-state index contributed by atoms with van der Waals surface area (Å²) < 4.78 is 56.3. The number of methoxy groups -OCH3 is 1. The van der Waals surface area contributed by atoms with Crippen molar-refractivity contribution in [2.45, 2.75) is 32.5 Å². The van der Waals surface area contributed by atoms with Gasteiger partial charge in [0.2, 0.25) is 0 Å². The summed E-state index contributed by atoms with van der Waals surface area (Å²) in [6, 6.07) is 9.13. The van der Waals surface area contributed by atoms with Crippen molar-refractivity contribution in [1.82, 2.24) is 4.98 Å². The fraction of sp³-hybridized carbons (Fsp3) is 0.273. The maximum Gasteiger partial charge on any atom is 0.387 e. The largest absolute Gasteiger partial charge is 0.497 e. The third-order valence-corrected chi connectivity index (χ3v) is 4.63. The molecule has 6 nitrogen and oxygen atoms in total.